The van der Waals surface area contributed by atoms with Gasteiger partial charge >= 0.3 is 0 Å². The van der Waals surface area contributed by atoms with Gasteiger partial charge in [0.05, 0.1) is 25.9 Å². The van der Waals surface area contributed by atoms with E-state index in [1.165, 1.54) is 7.11 Å². The third-order valence-corrected chi connectivity index (χ3v) is 3.60. The molecule has 17 heavy (non-hydrogen) atoms. The minimum Gasteiger partial charge on any atom is -0.494 e. The van der Waals surface area contributed by atoms with Crippen LogP contribution >= 0.6 is 0 Å². The fourth-order valence-corrected chi connectivity index (χ4v) is 2.73. The van der Waals surface area contributed by atoms with E-state index >= 15 is 0 Å². The van der Waals surface area contributed by atoms with Crippen LogP contribution in [0.1, 0.15) is 30.0 Å². The predicted molar refractivity (Wildman–Crippen MR) is 61.5 cm³/mol. The fraction of sp³-hybridized carbons (Fsp3) is 0.538. The Morgan fingerprint density at radius 3 is 3.18 bits per heavy atom. The standard InChI is InChI=1S/C13H16FNO2/c1-16-12-5-8-7-17-11-3-2-4-15-13(11)9(8)6-10(12)14/h5-6,11,13,15H,2-4,7H2,1H3/t11?,13-/m0/s1. The number of hydrogen-bond donors (Lipinski definition) is 1. The quantitative estimate of drug-likeness (QED) is 0.812. The van der Waals surface area contributed by atoms with Crippen molar-refractivity contribution < 1.29 is 13.9 Å². The van der Waals surface area contributed by atoms with Gasteiger partial charge in [-0.2, -0.15) is 0 Å². The molecule has 0 bridgehead atoms. The van der Waals surface area contributed by atoms with Gasteiger partial charge in [-0.25, -0.2) is 4.39 Å². The van der Waals surface area contributed by atoms with Crippen molar-refractivity contribution in [3.8, 4) is 5.75 Å². The van der Waals surface area contributed by atoms with Crippen molar-refractivity contribution in [3.05, 3.63) is 29.1 Å². The number of rotatable bonds is 1. The van der Waals surface area contributed by atoms with Gasteiger partial charge in [-0.15, -0.1) is 0 Å². The highest BCUT2D eigenvalue weighted by molar-refractivity contribution is 5.40. The first-order chi connectivity index (χ1) is 8.29. The molecule has 0 spiro atoms. The molecule has 1 saturated heterocycles. The van der Waals surface area contributed by atoms with Crippen LogP contribution in [0.4, 0.5) is 4.39 Å². The molecule has 0 aliphatic carbocycles. The van der Waals surface area contributed by atoms with Gasteiger partial charge in [0, 0.05) is 0 Å². The molecular formula is C13H16FNO2. The summed E-state index contributed by atoms with van der Waals surface area (Å²) in [6, 6.07) is 3.47. The predicted octanol–water partition coefficient (Wildman–Crippen LogP) is 2.16. The van der Waals surface area contributed by atoms with Crippen LogP contribution in [0.25, 0.3) is 0 Å². The fourth-order valence-electron chi connectivity index (χ4n) is 2.73. The topological polar surface area (TPSA) is 30.5 Å². The Morgan fingerprint density at radius 1 is 1.47 bits per heavy atom. The summed E-state index contributed by atoms with van der Waals surface area (Å²) in [6.07, 6.45) is 2.35. The van der Waals surface area contributed by atoms with E-state index in [1.54, 1.807) is 12.1 Å². The maximum atomic E-state index is 13.7. The Kier molecular flexibility index (Phi) is 2.76. The number of fused-ring (bicyclic) bond motifs is 3. The zero-order valence-electron chi connectivity index (χ0n) is 9.83. The molecule has 2 aliphatic rings. The van der Waals surface area contributed by atoms with E-state index in [9.17, 15) is 4.39 Å². The molecule has 3 rings (SSSR count). The molecule has 0 radical (unpaired) electrons. The highest BCUT2D eigenvalue weighted by atomic mass is 19.1. The molecule has 2 aliphatic heterocycles. The minimum absolute atomic E-state index is 0.132. The lowest BCUT2D eigenvalue weighted by molar-refractivity contribution is -0.0180. The van der Waals surface area contributed by atoms with Gasteiger partial charge in [0.15, 0.2) is 11.6 Å². The number of nitrogens with one attached hydrogen (secondary N) is 1. The normalized spacial score (nSPS) is 27.2. The molecule has 2 heterocycles. The lowest BCUT2D eigenvalue weighted by atomic mass is 9.89. The Hall–Kier alpha value is -1.13. The lowest BCUT2D eigenvalue weighted by Crippen LogP contribution is -2.42. The number of ether oxygens (including phenoxy) is 2. The molecule has 1 unspecified atom stereocenters. The van der Waals surface area contributed by atoms with Crippen molar-refractivity contribution in [2.45, 2.75) is 31.6 Å². The first kappa shape index (κ1) is 11.0. The third-order valence-electron chi connectivity index (χ3n) is 3.60. The second-order valence-electron chi connectivity index (χ2n) is 4.61. The average molecular weight is 237 g/mol. The average Bonchev–Trinajstić information content (AvgIpc) is 2.38. The minimum atomic E-state index is -0.292. The zero-order chi connectivity index (χ0) is 11.8. The number of hydrogen-bond acceptors (Lipinski definition) is 3. The van der Waals surface area contributed by atoms with Gasteiger partial charge in [0.25, 0.3) is 0 Å². The lowest BCUT2D eigenvalue weighted by Gasteiger charge is -2.37. The van der Waals surface area contributed by atoms with Gasteiger partial charge in [-0.1, -0.05) is 0 Å². The van der Waals surface area contributed by atoms with E-state index in [1.807, 2.05) is 0 Å². The summed E-state index contributed by atoms with van der Waals surface area (Å²) in [5.74, 6) is 0.000818. The molecule has 0 saturated carbocycles. The molecule has 92 valence electrons. The summed E-state index contributed by atoms with van der Waals surface area (Å²) in [4.78, 5) is 0. The van der Waals surface area contributed by atoms with Crippen LogP contribution in [0.5, 0.6) is 5.75 Å². The van der Waals surface area contributed by atoms with Gasteiger partial charge in [0.1, 0.15) is 0 Å². The molecule has 2 atom stereocenters. The Morgan fingerprint density at radius 2 is 2.35 bits per heavy atom. The summed E-state index contributed by atoms with van der Waals surface area (Å²) in [5, 5.41) is 3.41. The van der Waals surface area contributed by atoms with Crippen molar-refractivity contribution in [1.29, 1.82) is 0 Å². The summed E-state index contributed by atoms with van der Waals surface area (Å²) >= 11 is 0. The molecule has 1 aromatic carbocycles. The SMILES string of the molecule is COc1cc2c(cc1F)[C@@H]1NCCCC1OC2. The second kappa shape index (κ2) is 4.27. The summed E-state index contributed by atoms with van der Waals surface area (Å²) < 4.78 is 24.5. The summed E-state index contributed by atoms with van der Waals surface area (Å²) in [7, 11) is 1.48. The van der Waals surface area contributed by atoms with E-state index in [0.29, 0.717) is 12.4 Å². The maximum Gasteiger partial charge on any atom is 0.165 e. The first-order valence-corrected chi connectivity index (χ1v) is 6.01. The van der Waals surface area contributed by atoms with E-state index in [4.69, 9.17) is 9.47 Å². The van der Waals surface area contributed by atoms with Gasteiger partial charge < -0.3 is 14.8 Å². The summed E-state index contributed by atoms with van der Waals surface area (Å²) in [6.45, 7) is 1.52. The first-order valence-electron chi connectivity index (χ1n) is 6.01. The van der Waals surface area contributed by atoms with Crippen LogP contribution in [-0.4, -0.2) is 19.8 Å². The smallest absolute Gasteiger partial charge is 0.165 e. The van der Waals surface area contributed by atoms with Crippen LogP contribution in [0, 0.1) is 5.82 Å². The van der Waals surface area contributed by atoms with E-state index in [2.05, 4.69) is 5.32 Å². The molecule has 1 aromatic rings. The van der Waals surface area contributed by atoms with Crippen LogP contribution in [0.15, 0.2) is 12.1 Å². The third kappa shape index (κ3) is 1.81. The van der Waals surface area contributed by atoms with E-state index in [0.717, 1.165) is 30.5 Å². The number of piperidine rings is 1. The largest absolute Gasteiger partial charge is 0.494 e. The highest BCUT2D eigenvalue weighted by Gasteiger charge is 2.33. The zero-order valence-corrected chi connectivity index (χ0v) is 9.83. The maximum absolute atomic E-state index is 13.7. The Balaban J connectivity index is 2.01. The van der Waals surface area contributed by atoms with E-state index in [-0.39, 0.29) is 18.0 Å². The Bertz CT molecular complexity index is 436. The van der Waals surface area contributed by atoms with Crippen molar-refractivity contribution >= 4 is 0 Å². The molecule has 4 heteroatoms. The van der Waals surface area contributed by atoms with Gasteiger partial charge in [-0.05, 0) is 42.6 Å². The number of benzene rings is 1. The van der Waals surface area contributed by atoms with E-state index < -0.39 is 0 Å². The molecular weight excluding hydrogens is 221 g/mol. The van der Waals surface area contributed by atoms with Crippen LogP contribution < -0.4 is 10.1 Å². The molecule has 1 fully saturated rings. The van der Waals surface area contributed by atoms with Crippen molar-refractivity contribution in [2.24, 2.45) is 0 Å². The molecule has 1 N–H and O–H groups in total. The Labute approximate surface area is 99.9 Å². The molecule has 0 amide bonds. The summed E-state index contributed by atoms with van der Waals surface area (Å²) in [5.41, 5.74) is 2.05. The second-order valence-corrected chi connectivity index (χ2v) is 4.61. The highest BCUT2D eigenvalue weighted by Crippen LogP contribution is 2.36. The van der Waals surface area contributed by atoms with Crippen LogP contribution in [0.3, 0.4) is 0 Å². The molecule has 3 nitrogen and oxygen atoms in total. The van der Waals surface area contributed by atoms with Crippen LogP contribution in [-0.2, 0) is 11.3 Å². The number of halogens is 1. The number of methoxy groups -OCH3 is 1. The van der Waals surface area contributed by atoms with Crippen LogP contribution in [0.2, 0.25) is 0 Å². The molecule has 0 aromatic heterocycles. The van der Waals surface area contributed by atoms with Crippen molar-refractivity contribution in [3.63, 3.8) is 0 Å². The van der Waals surface area contributed by atoms with Gasteiger partial charge in [0.2, 0.25) is 0 Å². The van der Waals surface area contributed by atoms with Crippen molar-refractivity contribution in [1.82, 2.24) is 5.32 Å². The van der Waals surface area contributed by atoms with Crippen molar-refractivity contribution in [2.75, 3.05) is 13.7 Å². The van der Waals surface area contributed by atoms with Gasteiger partial charge in [-0.3, -0.25) is 0 Å². The monoisotopic (exact) mass is 237 g/mol.